The summed E-state index contributed by atoms with van der Waals surface area (Å²) in [4.78, 5) is 6.74. The highest BCUT2D eigenvalue weighted by Crippen LogP contribution is 2.28. The number of rotatable bonds is 0. The van der Waals surface area contributed by atoms with Gasteiger partial charge in [0, 0.05) is 13.1 Å². The predicted molar refractivity (Wildman–Crippen MR) is 66.0 cm³/mol. The van der Waals surface area contributed by atoms with E-state index in [0.717, 1.165) is 13.1 Å². The molecule has 0 radical (unpaired) electrons. The number of aliphatic imine (C=N–C) groups is 1. The van der Waals surface area contributed by atoms with Crippen LogP contribution < -0.4 is 5.73 Å². The second-order valence-corrected chi connectivity index (χ2v) is 6.33. The van der Waals surface area contributed by atoms with Crippen LogP contribution in [0.5, 0.6) is 0 Å². The summed E-state index contributed by atoms with van der Waals surface area (Å²) in [6.45, 7) is 12.9. The standard InChI is InChI=1S/C12H25N3/c1-11(2,3)14-10(13)15-8-6-7-12(4,5)9-15/h6-9H2,1-5H3,(H2,13,14). The fourth-order valence-electron chi connectivity index (χ4n) is 2.03. The Morgan fingerprint density at radius 2 is 1.93 bits per heavy atom. The Morgan fingerprint density at radius 3 is 2.40 bits per heavy atom. The molecule has 1 fully saturated rings. The van der Waals surface area contributed by atoms with Crippen molar-refractivity contribution in [1.29, 1.82) is 0 Å². The molecule has 1 aliphatic rings. The lowest BCUT2D eigenvalue weighted by Gasteiger charge is -2.39. The zero-order valence-electron chi connectivity index (χ0n) is 10.8. The Hall–Kier alpha value is -0.730. The molecule has 0 bridgehead atoms. The molecular weight excluding hydrogens is 186 g/mol. The van der Waals surface area contributed by atoms with E-state index in [0.29, 0.717) is 11.4 Å². The summed E-state index contributed by atoms with van der Waals surface area (Å²) >= 11 is 0. The smallest absolute Gasteiger partial charge is 0.191 e. The summed E-state index contributed by atoms with van der Waals surface area (Å²) in [5.41, 5.74) is 6.33. The molecule has 1 saturated heterocycles. The van der Waals surface area contributed by atoms with Crippen LogP contribution in [-0.2, 0) is 0 Å². The second kappa shape index (κ2) is 4.03. The maximum absolute atomic E-state index is 6.03. The van der Waals surface area contributed by atoms with Gasteiger partial charge in [0.1, 0.15) is 0 Å². The zero-order chi connectivity index (χ0) is 11.7. The fraction of sp³-hybridized carbons (Fsp3) is 0.917. The number of guanidine groups is 1. The third-order valence-corrected chi connectivity index (χ3v) is 2.67. The van der Waals surface area contributed by atoms with Gasteiger partial charge < -0.3 is 10.6 Å². The fourth-order valence-corrected chi connectivity index (χ4v) is 2.03. The first-order chi connectivity index (χ1) is 6.70. The topological polar surface area (TPSA) is 41.6 Å². The molecule has 0 aromatic rings. The normalized spacial score (nSPS) is 23.0. The lowest BCUT2D eigenvalue weighted by atomic mass is 9.84. The Balaban J connectivity index is 2.68. The SMILES string of the molecule is CC1(C)CCCN(C(N)=NC(C)(C)C)C1. The Morgan fingerprint density at radius 1 is 1.33 bits per heavy atom. The van der Waals surface area contributed by atoms with Crippen LogP contribution in [0.2, 0.25) is 0 Å². The Bertz CT molecular complexity index is 248. The first kappa shape index (κ1) is 12.3. The molecule has 1 aliphatic heterocycles. The van der Waals surface area contributed by atoms with Crippen molar-refractivity contribution in [2.24, 2.45) is 16.1 Å². The van der Waals surface area contributed by atoms with E-state index in [-0.39, 0.29) is 5.54 Å². The van der Waals surface area contributed by atoms with E-state index in [1.165, 1.54) is 12.8 Å². The number of likely N-dealkylation sites (tertiary alicyclic amines) is 1. The number of nitrogens with zero attached hydrogens (tertiary/aromatic N) is 2. The molecule has 0 atom stereocenters. The highest BCUT2D eigenvalue weighted by molar-refractivity contribution is 5.78. The van der Waals surface area contributed by atoms with E-state index in [1.54, 1.807) is 0 Å². The monoisotopic (exact) mass is 211 g/mol. The molecule has 3 nitrogen and oxygen atoms in total. The molecule has 3 heteroatoms. The molecule has 0 spiro atoms. The van der Waals surface area contributed by atoms with Gasteiger partial charge in [-0.3, -0.25) is 0 Å². The molecule has 0 unspecified atom stereocenters. The summed E-state index contributed by atoms with van der Waals surface area (Å²) in [5.74, 6) is 0.704. The zero-order valence-corrected chi connectivity index (χ0v) is 10.8. The van der Waals surface area contributed by atoms with Crippen LogP contribution in [0, 0.1) is 5.41 Å². The van der Waals surface area contributed by atoms with Crippen molar-refractivity contribution in [1.82, 2.24) is 4.90 Å². The van der Waals surface area contributed by atoms with Gasteiger partial charge in [0.2, 0.25) is 0 Å². The molecule has 1 rings (SSSR count). The Labute approximate surface area is 93.7 Å². The Kier molecular flexibility index (Phi) is 3.31. The van der Waals surface area contributed by atoms with E-state index in [2.05, 4.69) is 44.5 Å². The lowest BCUT2D eigenvalue weighted by molar-refractivity contribution is 0.176. The van der Waals surface area contributed by atoms with Gasteiger partial charge in [0.15, 0.2) is 5.96 Å². The largest absolute Gasteiger partial charge is 0.370 e. The van der Waals surface area contributed by atoms with E-state index >= 15 is 0 Å². The molecule has 0 saturated carbocycles. The molecular formula is C12H25N3. The maximum Gasteiger partial charge on any atom is 0.191 e. The van der Waals surface area contributed by atoms with Gasteiger partial charge in [0.25, 0.3) is 0 Å². The van der Waals surface area contributed by atoms with E-state index in [4.69, 9.17) is 5.73 Å². The van der Waals surface area contributed by atoms with Gasteiger partial charge >= 0.3 is 0 Å². The van der Waals surface area contributed by atoms with Gasteiger partial charge in [0.05, 0.1) is 5.54 Å². The van der Waals surface area contributed by atoms with Crippen molar-refractivity contribution in [3.63, 3.8) is 0 Å². The number of nitrogens with two attached hydrogens (primary N) is 1. The summed E-state index contributed by atoms with van der Waals surface area (Å²) in [6, 6.07) is 0. The van der Waals surface area contributed by atoms with E-state index < -0.39 is 0 Å². The number of hydrogen-bond acceptors (Lipinski definition) is 1. The number of hydrogen-bond donors (Lipinski definition) is 1. The summed E-state index contributed by atoms with van der Waals surface area (Å²) < 4.78 is 0. The molecule has 0 aromatic carbocycles. The average molecular weight is 211 g/mol. The van der Waals surface area contributed by atoms with Gasteiger partial charge in [-0.2, -0.15) is 0 Å². The summed E-state index contributed by atoms with van der Waals surface area (Å²) in [5, 5.41) is 0. The molecule has 0 aliphatic carbocycles. The first-order valence-electron chi connectivity index (χ1n) is 5.80. The third-order valence-electron chi connectivity index (χ3n) is 2.67. The first-order valence-corrected chi connectivity index (χ1v) is 5.80. The van der Waals surface area contributed by atoms with Crippen LogP contribution in [0.1, 0.15) is 47.5 Å². The maximum atomic E-state index is 6.03. The van der Waals surface area contributed by atoms with E-state index in [9.17, 15) is 0 Å². The predicted octanol–water partition coefficient (Wildman–Crippen LogP) is 2.22. The second-order valence-electron chi connectivity index (χ2n) is 6.33. The summed E-state index contributed by atoms with van der Waals surface area (Å²) in [6.07, 6.45) is 2.50. The minimum Gasteiger partial charge on any atom is -0.370 e. The van der Waals surface area contributed by atoms with Gasteiger partial charge in [-0.05, 0) is 39.0 Å². The van der Waals surface area contributed by atoms with Crippen molar-refractivity contribution >= 4 is 5.96 Å². The molecule has 0 amide bonds. The van der Waals surface area contributed by atoms with Gasteiger partial charge in [-0.1, -0.05) is 13.8 Å². The average Bonchev–Trinajstić information content (AvgIpc) is 1.99. The van der Waals surface area contributed by atoms with Crippen molar-refractivity contribution in [3.8, 4) is 0 Å². The van der Waals surface area contributed by atoms with Crippen LogP contribution in [-0.4, -0.2) is 29.5 Å². The highest BCUT2D eigenvalue weighted by Gasteiger charge is 2.27. The molecule has 88 valence electrons. The minimum atomic E-state index is -0.0777. The summed E-state index contributed by atoms with van der Waals surface area (Å²) in [7, 11) is 0. The van der Waals surface area contributed by atoms with Crippen molar-refractivity contribution in [2.75, 3.05) is 13.1 Å². The third kappa shape index (κ3) is 4.10. The number of piperidine rings is 1. The van der Waals surface area contributed by atoms with E-state index in [1.807, 2.05) is 0 Å². The highest BCUT2D eigenvalue weighted by atomic mass is 15.3. The minimum absolute atomic E-state index is 0.0777. The molecule has 15 heavy (non-hydrogen) atoms. The van der Waals surface area contributed by atoms with Crippen molar-refractivity contribution < 1.29 is 0 Å². The van der Waals surface area contributed by atoms with Crippen LogP contribution in [0.25, 0.3) is 0 Å². The van der Waals surface area contributed by atoms with Gasteiger partial charge in [-0.25, -0.2) is 4.99 Å². The van der Waals surface area contributed by atoms with Crippen molar-refractivity contribution in [3.05, 3.63) is 0 Å². The van der Waals surface area contributed by atoms with Crippen LogP contribution in [0.4, 0.5) is 0 Å². The molecule has 0 aromatic heterocycles. The molecule has 1 heterocycles. The lowest BCUT2D eigenvalue weighted by Crippen LogP contribution is -2.47. The van der Waals surface area contributed by atoms with Crippen LogP contribution in [0.3, 0.4) is 0 Å². The molecule has 2 N–H and O–H groups in total. The van der Waals surface area contributed by atoms with Crippen LogP contribution in [0.15, 0.2) is 4.99 Å². The van der Waals surface area contributed by atoms with Gasteiger partial charge in [-0.15, -0.1) is 0 Å². The quantitative estimate of drug-likeness (QED) is 0.493. The van der Waals surface area contributed by atoms with Crippen LogP contribution >= 0.6 is 0 Å². The van der Waals surface area contributed by atoms with Crippen molar-refractivity contribution in [2.45, 2.75) is 53.0 Å².